The van der Waals surface area contributed by atoms with Crippen molar-refractivity contribution in [3.8, 4) is 11.3 Å². The molecule has 0 N–H and O–H groups in total. The smallest absolute Gasteiger partial charge is 0.222 e. The monoisotopic (exact) mass is 354 g/mol. The minimum atomic E-state index is -4.94. The van der Waals surface area contributed by atoms with Crippen molar-refractivity contribution < 1.29 is 33.3 Å². The van der Waals surface area contributed by atoms with Crippen LogP contribution in [0.15, 0.2) is 54.9 Å². The van der Waals surface area contributed by atoms with Gasteiger partial charge in [0.05, 0.1) is 5.02 Å². The van der Waals surface area contributed by atoms with Gasteiger partial charge in [-0.1, -0.05) is 41.4 Å². The summed E-state index contributed by atoms with van der Waals surface area (Å²) >= 11 is 5.94. The predicted molar refractivity (Wildman–Crippen MR) is 72.6 cm³/mol. The highest BCUT2D eigenvalue weighted by molar-refractivity contribution is 6.30. The van der Waals surface area contributed by atoms with Crippen molar-refractivity contribution in [3.63, 3.8) is 0 Å². The number of aryl methyl sites for hydroxylation is 1. The lowest BCUT2D eigenvalue weighted by molar-refractivity contribution is -2.00. The second kappa shape index (κ2) is 7.18. The molecule has 0 atom stereocenters. The van der Waals surface area contributed by atoms with E-state index < -0.39 is 10.2 Å². The molecule has 0 unspecified atom stereocenters. The van der Waals surface area contributed by atoms with Crippen LogP contribution in [0.2, 0.25) is 5.02 Å². The molecule has 0 aliphatic carbocycles. The molecule has 1 aromatic carbocycles. The van der Waals surface area contributed by atoms with Gasteiger partial charge in [0.1, 0.15) is 12.4 Å². The maximum atomic E-state index is 8.49. The standard InChI is InChI=1S/C15H12ClN2.ClHO4/c1-11-2-4-12(5-3-11)14-8-9-18-10-13(16)6-7-15(18)17-14;2-1(3,4)5/h2-10H,1H3;(H,2,3,4,5)/q+1;/p-1. The first-order valence-corrected chi connectivity index (χ1v) is 8.00. The third-order valence-electron chi connectivity index (χ3n) is 2.89. The van der Waals surface area contributed by atoms with Gasteiger partial charge in [0.25, 0.3) is 0 Å². The second-order valence-corrected chi connectivity index (χ2v) is 5.86. The Morgan fingerprint density at radius 3 is 2.17 bits per heavy atom. The van der Waals surface area contributed by atoms with Crippen molar-refractivity contribution >= 4 is 17.2 Å². The molecular weight excluding hydrogens is 343 g/mol. The van der Waals surface area contributed by atoms with Crippen LogP contribution in [0.5, 0.6) is 0 Å². The van der Waals surface area contributed by atoms with Gasteiger partial charge in [-0.3, -0.25) is 0 Å². The Bertz CT molecular complexity index is 799. The Morgan fingerprint density at radius 2 is 1.57 bits per heavy atom. The van der Waals surface area contributed by atoms with E-state index in [9.17, 15) is 0 Å². The fourth-order valence-corrected chi connectivity index (χ4v) is 2.06. The average Bonchev–Trinajstić information content (AvgIpc) is 2.46. The first-order chi connectivity index (χ1) is 10.7. The topological polar surface area (TPSA) is 109 Å². The Hall–Kier alpha value is -1.80. The van der Waals surface area contributed by atoms with E-state index in [1.54, 1.807) is 0 Å². The van der Waals surface area contributed by atoms with Crippen LogP contribution in [-0.4, -0.2) is 4.98 Å². The molecule has 2 aromatic heterocycles. The number of halogens is 2. The van der Waals surface area contributed by atoms with E-state index in [0.29, 0.717) is 5.02 Å². The summed E-state index contributed by atoms with van der Waals surface area (Å²) in [6.45, 7) is 2.08. The summed E-state index contributed by atoms with van der Waals surface area (Å²) in [5.41, 5.74) is 4.23. The maximum absolute atomic E-state index is 8.49. The summed E-state index contributed by atoms with van der Waals surface area (Å²) < 4.78 is 35.9. The molecule has 0 amide bonds. The van der Waals surface area contributed by atoms with Crippen LogP contribution < -0.4 is 23.0 Å². The van der Waals surface area contributed by atoms with Gasteiger partial charge < -0.3 is 0 Å². The van der Waals surface area contributed by atoms with E-state index in [4.69, 9.17) is 30.2 Å². The minimum Gasteiger partial charge on any atom is -0.222 e. The molecule has 6 nitrogen and oxygen atoms in total. The maximum Gasteiger partial charge on any atom is 0.328 e. The molecule has 0 fully saturated rings. The normalized spacial score (nSPS) is 11.0. The number of pyridine rings is 1. The van der Waals surface area contributed by atoms with Gasteiger partial charge in [-0.2, -0.15) is 0 Å². The third kappa shape index (κ3) is 5.72. The molecule has 0 aliphatic heterocycles. The van der Waals surface area contributed by atoms with E-state index in [1.807, 2.05) is 35.0 Å². The fourth-order valence-electron chi connectivity index (χ4n) is 1.89. The fraction of sp³-hybridized carbons (Fsp3) is 0.0667. The van der Waals surface area contributed by atoms with E-state index in [-0.39, 0.29) is 0 Å². The Morgan fingerprint density at radius 1 is 0.957 bits per heavy atom. The predicted octanol–water partition coefficient (Wildman–Crippen LogP) is -1.31. The van der Waals surface area contributed by atoms with Gasteiger partial charge in [-0.25, -0.2) is 23.0 Å². The number of nitrogens with zero attached hydrogens (tertiary/aromatic N) is 2. The zero-order chi connectivity index (χ0) is 17.0. The lowest BCUT2D eigenvalue weighted by Gasteiger charge is -2.17. The zero-order valence-corrected chi connectivity index (χ0v) is 13.5. The summed E-state index contributed by atoms with van der Waals surface area (Å²) in [4.78, 5) is 4.62. The lowest BCUT2D eigenvalue weighted by atomic mass is 10.1. The van der Waals surface area contributed by atoms with Gasteiger partial charge in [-0.05, 0) is 18.0 Å². The Balaban J connectivity index is 0.000000338. The molecule has 0 saturated heterocycles. The van der Waals surface area contributed by atoms with Gasteiger partial charge >= 0.3 is 5.65 Å². The number of fused-ring (bicyclic) bond motifs is 1. The van der Waals surface area contributed by atoms with Gasteiger partial charge in [0, 0.05) is 17.7 Å². The van der Waals surface area contributed by atoms with Gasteiger partial charge in [-0.15, -0.1) is 10.2 Å². The first-order valence-electron chi connectivity index (χ1n) is 6.39. The Kier molecular flexibility index (Phi) is 5.48. The molecule has 0 radical (unpaired) electrons. The highest BCUT2D eigenvalue weighted by Gasteiger charge is 2.09. The lowest BCUT2D eigenvalue weighted by Crippen LogP contribution is -2.68. The van der Waals surface area contributed by atoms with Crippen LogP contribution in [-0.2, 0) is 0 Å². The Labute approximate surface area is 139 Å². The van der Waals surface area contributed by atoms with Crippen LogP contribution in [0.4, 0.5) is 0 Å². The molecule has 0 bridgehead atoms. The average molecular weight is 355 g/mol. The summed E-state index contributed by atoms with van der Waals surface area (Å²) in [6.07, 6.45) is 3.83. The quantitative estimate of drug-likeness (QED) is 0.504. The van der Waals surface area contributed by atoms with Crippen LogP contribution >= 0.6 is 11.6 Å². The van der Waals surface area contributed by atoms with Crippen molar-refractivity contribution in [2.75, 3.05) is 0 Å². The van der Waals surface area contributed by atoms with Crippen LogP contribution in [0, 0.1) is 17.2 Å². The minimum absolute atomic E-state index is 0.706. The summed E-state index contributed by atoms with van der Waals surface area (Å²) in [5.74, 6) is 0. The molecule has 0 aliphatic rings. The molecule has 120 valence electrons. The first kappa shape index (κ1) is 17.6. The molecule has 8 heteroatoms. The van der Waals surface area contributed by atoms with Gasteiger partial charge in [0.2, 0.25) is 0 Å². The third-order valence-corrected chi connectivity index (χ3v) is 3.12. The number of benzene rings is 1. The van der Waals surface area contributed by atoms with E-state index >= 15 is 0 Å². The number of rotatable bonds is 1. The molecule has 2 heterocycles. The highest BCUT2D eigenvalue weighted by Crippen LogP contribution is 2.17. The van der Waals surface area contributed by atoms with Crippen molar-refractivity contribution in [2.24, 2.45) is 0 Å². The van der Waals surface area contributed by atoms with Gasteiger partial charge in [0.15, 0.2) is 5.69 Å². The SMILES string of the molecule is Cc1ccc(-c2cc[n+]3cc(Cl)ccc3n2)cc1.[O-][Cl+3]([O-])([O-])[O-]. The van der Waals surface area contributed by atoms with Crippen LogP contribution in [0.1, 0.15) is 5.56 Å². The number of hydrogen-bond acceptors (Lipinski definition) is 5. The van der Waals surface area contributed by atoms with Crippen molar-refractivity contribution in [1.29, 1.82) is 0 Å². The van der Waals surface area contributed by atoms with Crippen molar-refractivity contribution in [3.05, 3.63) is 65.4 Å². The number of hydrogen-bond donors (Lipinski definition) is 0. The van der Waals surface area contributed by atoms with E-state index in [0.717, 1.165) is 16.9 Å². The second-order valence-electron chi connectivity index (χ2n) is 4.67. The molecule has 3 aromatic rings. The van der Waals surface area contributed by atoms with Crippen LogP contribution in [0.25, 0.3) is 16.9 Å². The number of aromatic nitrogens is 2. The summed E-state index contributed by atoms with van der Waals surface area (Å²) in [6, 6.07) is 14.1. The summed E-state index contributed by atoms with van der Waals surface area (Å²) in [7, 11) is -4.94. The highest BCUT2D eigenvalue weighted by atomic mass is 35.7. The zero-order valence-electron chi connectivity index (χ0n) is 12.0. The molecule has 0 spiro atoms. The largest absolute Gasteiger partial charge is 0.328 e. The van der Waals surface area contributed by atoms with Crippen molar-refractivity contribution in [1.82, 2.24) is 4.98 Å². The van der Waals surface area contributed by atoms with Crippen LogP contribution in [0.3, 0.4) is 0 Å². The van der Waals surface area contributed by atoms with E-state index in [1.165, 1.54) is 5.56 Å². The molecular formula is C15H12Cl2N2O4. The summed E-state index contributed by atoms with van der Waals surface area (Å²) in [5, 5.41) is 0.706. The van der Waals surface area contributed by atoms with E-state index in [2.05, 4.69) is 36.2 Å². The molecule has 3 rings (SSSR count). The molecule has 0 saturated carbocycles. The van der Waals surface area contributed by atoms with Crippen molar-refractivity contribution in [2.45, 2.75) is 6.92 Å². The molecule has 23 heavy (non-hydrogen) atoms.